The highest BCUT2D eigenvalue weighted by atomic mass is 31.2. The summed E-state index contributed by atoms with van der Waals surface area (Å²) in [5, 5.41) is 0. The molecule has 0 rings (SSSR count). The highest BCUT2D eigenvalue weighted by molar-refractivity contribution is 7.47. The second-order valence-corrected chi connectivity index (χ2v) is 25.9. The van der Waals surface area contributed by atoms with E-state index in [1.807, 2.05) is 0 Å². The minimum absolute atomic E-state index is 0.0388. The highest BCUT2D eigenvalue weighted by Crippen LogP contribution is 2.43. The molecule has 0 aliphatic heterocycles. The molecule has 0 aromatic rings. The van der Waals surface area contributed by atoms with E-state index in [2.05, 4.69) is 233 Å². The molecule has 0 fully saturated rings. The third-order valence-corrected chi connectivity index (χ3v) is 16.3. The lowest BCUT2D eigenvalue weighted by atomic mass is 10.0. The van der Waals surface area contributed by atoms with Gasteiger partial charge in [0, 0.05) is 19.4 Å². The fraction of sp³-hybridized carbons (Fsp3) is 0.563. The lowest BCUT2D eigenvalue weighted by Crippen LogP contribution is -2.29. The monoisotopic (exact) mass is 1360 g/mol. The third-order valence-electron chi connectivity index (χ3n) is 15.4. The first-order valence-electron chi connectivity index (χ1n) is 38.2. The molecule has 0 aliphatic carbocycles. The van der Waals surface area contributed by atoms with Crippen molar-refractivity contribution >= 4 is 19.8 Å². The van der Waals surface area contributed by atoms with Crippen LogP contribution in [-0.2, 0) is 32.7 Å². The van der Waals surface area contributed by atoms with Gasteiger partial charge in [0.1, 0.15) is 6.61 Å². The summed E-state index contributed by atoms with van der Waals surface area (Å²) in [6.07, 6.45) is 123. The number of ether oxygens (including phenoxy) is 2. The van der Waals surface area contributed by atoms with Crippen LogP contribution in [0.3, 0.4) is 0 Å². The number of esters is 2. The average Bonchev–Trinajstić information content (AvgIpc) is 2.57. The molecule has 0 aromatic heterocycles. The summed E-state index contributed by atoms with van der Waals surface area (Å²) in [6.45, 7) is 3.48. The molecule has 0 aromatic carbocycles. The van der Waals surface area contributed by atoms with Crippen LogP contribution in [0.15, 0.2) is 219 Å². The molecule has 0 spiro atoms. The Labute approximate surface area is 594 Å². The first-order valence-corrected chi connectivity index (χ1v) is 39.7. The number of rotatable bonds is 69. The zero-order valence-electron chi connectivity index (χ0n) is 61.2. The number of carbonyl (C=O) groups excluding carboxylic acids is 2. The molecule has 0 bridgehead atoms. The number of hydrogen-bond acceptors (Lipinski definition) is 8. The van der Waals surface area contributed by atoms with Crippen LogP contribution >= 0.6 is 7.82 Å². The van der Waals surface area contributed by atoms with E-state index < -0.39 is 32.5 Å². The van der Waals surface area contributed by atoms with Crippen molar-refractivity contribution in [2.75, 3.05) is 26.4 Å². The molecule has 3 N–H and O–H groups in total. The molecule has 0 aliphatic rings. The van der Waals surface area contributed by atoms with Crippen LogP contribution < -0.4 is 5.73 Å². The molecule has 2 atom stereocenters. The Morgan fingerprint density at radius 3 is 0.794 bits per heavy atom. The molecular weight excluding hydrogens is 1220 g/mol. The second-order valence-electron chi connectivity index (χ2n) is 24.4. The Kier molecular flexibility index (Phi) is 74.7. The van der Waals surface area contributed by atoms with Gasteiger partial charge in [-0.05, 0) is 154 Å². The van der Waals surface area contributed by atoms with Gasteiger partial charge in [-0.15, -0.1) is 0 Å². The molecule has 10 heteroatoms. The molecule has 0 radical (unpaired) electrons. The van der Waals surface area contributed by atoms with Crippen LogP contribution in [0.5, 0.6) is 0 Å². The molecule has 0 saturated carbocycles. The lowest BCUT2D eigenvalue weighted by molar-refractivity contribution is -0.161. The van der Waals surface area contributed by atoms with Gasteiger partial charge in [-0.2, -0.15) is 0 Å². The number of carbonyl (C=O) groups is 2. The van der Waals surface area contributed by atoms with Gasteiger partial charge in [-0.3, -0.25) is 18.6 Å². The van der Waals surface area contributed by atoms with E-state index in [4.69, 9.17) is 24.3 Å². The Morgan fingerprint density at radius 1 is 0.309 bits per heavy atom. The van der Waals surface area contributed by atoms with Gasteiger partial charge in [-0.25, -0.2) is 4.57 Å². The van der Waals surface area contributed by atoms with Crippen LogP contribution in [0.2, 0.25) is 0 Å². The molecule has 97 heavy (non-hydrogen) atoms. The fourth-order valence-corrected chi connectivity index (χ4v) is 10.6. The van der Waals surface area contributed by atoms with Crippen molar-refractivity contribution in [2.45, 2.75) is 290 Å². The van der Waals surface area contributed by atoms with Gasteiger partial charge < -0.3 is 20.1 Å². The van der Waals surface area contributed by atoms with E-state index in [1.54, 1.807) is 0 Å². The normalized spacial score (nSPS) is 14.1. The summed E-state index contributed by atoms with van der Waals surface area (Å²) < 4.78 is 33.2. The Bertz CT molecular complexity index is 2400. The zero-order chi connectivity index (χ0) is 70.0. The van der Waals surface area contributed by atoms with E-state index in [0.717, 1.165) is 161 Å². The number of unbranched alkanes of at least 4 members (excludes halogenated alkanes) is 20. The van der Waals surface area contributed by atoms with E-state index in [-0.39, 0.29) is 32.6 Å². The van der Waals surface area contributed by atoms with Crippen molar-refractivity contribution in [1.29, 1.82) is 0 Å². The third kappa shape index (κ3) is 79.2. The van der Waals surface area contributed by atoms with Crippen molar-refractivity contribution < 1.29 is 37.6 Å². The number of phosphoric ester groups is 1. The Hall–Kier alpha value is -5.67. The Balaban J connectivity index is 3.99. The molecule has 2 unspecified atom stereocenters. The van der Waals surface area contributed by atoms with Gasteiger partial charge in [0.25, 0.3) is 0 Å². The highest BCUT2D eigenvalue weighted by Gasteiger charge is 2.26. The quantitative estimate of drug-likeness (QED) is 0.0264. The summed E-state index contributed by atoms with van der Waals surface area (Å²) in [6, 6.07) is 0. The van der Waals surface area contributed by atoms with Crippen molar-refractivity contribution in [1.82, 2.24) is 0 Å². The van der Waals surface area contributed by atoms with E-state index in [0.29, 0.717) is 6.42 Å². The molecule has 0 amide bonds. The van der Waals surface area contributed by atoms with Gasteiger partial charge in [0.05, 0.1) is 13.2 Å². The first kappa shape index (κ1) is 91.3. The second kappa shape index (κ2) is 79.3. The van der Waals surface area contributed by atoms with Gasteiger partial charge in [0.2, 0.25) is 0 Å². The summed E-state index contributed by atoms with van der Waals surface area (Å²) in [4.78, 5) is 35.4. The predicted octanol–water partition coefficient (Wildman–Crippen LogP) is 26.0. The standard InChI is InChI=1S/C87H138NO8P/c1-3-5-7-9-11-13-15-17-19-21-23-25-27-29-31-33-35-37-39-40-41-42-43-44-46-48-50-52-54-56-58-60-62-64-66-68-70-72-74-76-78-80-87(90)96-85(84-95-97(91,92)94-82-81-88)83-93-86(89)79-77-75-73-71-69-67-65-63-61-59-57-55-53-51-49-47-45-38-36-34-32-30-28-26-24-22-20-18-16-14-12-10-8-6-4-2/h5-8,11-14,17-20,23-26,29-32,35-38,40-41,43-44,48,50,54,56,60,62,66,68,85H,3-4,9-10,15-16,21-22,27-28,33-34,39,42,45-47,49,51-53,55,57-59,61,63-65,67,69-84,88H2,1-2H3,(H,91,92)/b7-5-,8-6-,13-11-,14-12-,19-17-,20-18-,25-23-,26-24-,31-29-,32-30-,37-35-,38-36-,41-40-,44-43-,50-48-,56-54-,62-60-,68-66-. The number of allylic oxidation sites excluding steroid dienone is 36. The van der Waals surface area contributed by atoms with Crippen molar-refractivity contribution in [3.8, 4) is 0 Å². The van der Waals surface area contributed by atoms with Crippen LogP contribution in [0.4, 0.5) is 0 Å². The van der Waals surface area contributed by atoms with E-state index in [9.17, 15) is 19.0 Å². The van der Waals surface area contributed by atoms with Crippen molar-refractivity contribution in [2.24, 2.45) is 5.73 Å². The average molecular weight is 1360 g/mol. The minimum Gasteiger partial charge on any atom is -0.462 e. The summed E-state index contributed by atoms with van der Waals surface area (Å²) >= 11 is 0. The minimum atomic E-state index is -4.42. The number of hydrogen-bond donors (Lipinski definition) is 2. The molecule has 9 nitrogen and oxygen atoms in total. The van der Waals surface area contributed by atoms with Crippen LogP contribution in [0.1, 0.15) is 284 Å². The van der Waals surface area contributed by atoms with Crippen LogP contribution in [-0.4, -0.2) is 49.3 Å². The maximum atomic E-state index is 12.8. The van der Waals surface area contributed by atoms with Crippen molar-refractivity contribution in [3.63, 3.8) is 0 Å². The SMILES string of the molecule is CC/C=C\C/C=C\C/C=C\C/C=C\C/C=C\C/C=C\C/C=C\C/C=C\C/C=C\C/C=C\C/C=C\C/C=C\CCCCCCC(=O)OC(COC(=O)CCCCCCCCCCCCCCCCCC/C=C\C/C=C\C/C=C\C/C=C\C/C=C\C/C=C\CC)COP(=O)(O)OCCN. The number of phosphoric acid groups is 1. The van der Waals surface area contributed by atoms with E-state index in [1.165, 1.54) is 89.9 Å². The number of nitrogens with two attached hydrogens (primary N) is 1. The molecule has 544 valence electrons. The van der Waals surface area contributed by atoms with Gasteiger partial charge in [0.15, 0.2) is 6.10 Å². The lowest BCUT2D eigenvalue weighted by Gasteiger charge is -2.19. The topological polar surface area (TPSA) is 134 Å². The first-order chi connectivity index (χ1) is 47.8. The fourth-order valence-electron chi connectivity index (χ4n) is 9.80. The van der Waals surface area contributed by atoms with Gasteiger partial charge >= 0.3 is 19.8 Å². The molecular formula is C87H138NO8P. The molecule has 0 heterocycles. The Morgan fingerprint density at radius 2 is 0.536 bits per heavy atom. The largest absolute Gasteiger partial charge is 0.472 e. The molecule has 0 saturated heterocycles. The zero-order valence-corrected chi connectivity index (χ0v) is 62.1. The summed E-state index contributed by atoms with van der Waals surface area (Å²) in [5.74, 6) is -0.867. The smallest absolute Gasteiger partial charge is 0.462 e. The summed E-state index contributed by atoms with van der Waals surface area (Å²) in [7, 11) is -4.42. The van der Waals surface area contributed by atoms with Crippen molar-refractivity contribution in [3.05, 3.63) is 219 Å². The van der Waals surface area contributed by atoms with Gasteiger partial charge in [-0.1, -0.05) is 335 Å². The van der Waals surface area contributed by atoms with Crippen LogP contribution in [0.25, 0.3) is 0 Å². The van der Waals surface area contributed by atoms with E-state index >= 15 is 0 Å². The van der Waals surface area contributed by atoms with Crippen LogP contribution in [0, 0.1) is 0 Å². The maximum Gasteiger partial charge on any atom is 0.472 e. The summed E-state index contributed by atoms with van der Waals surface area (Å²) in [5.41, 5.74) is 5.41. The maximum absolute atomic E-state index is 12.8. The predicted molar refractivity (Wildman–Crippen MR) is 421 cm³/mol.